The Labute approximate surface area is 144 Å². The normalized spacial score (nSPS) is 26.4. The monoisotopic (exact) mass is 342 g/mol. The highest BCUT2D eigenvalue weighted by Crippen LogP contribution is 2.30. The Morgan fingerprint density at radius 1 is 1.17 bits per heavy atom. The fourth-order valence-electron chi connectivity index (χ4n) is 3.66. The number of nitriles is 1. The van der Waals surface area contributed by atoms with Gasteiger partial charge in [0.2, 0.25) is 11.8 Å². The smallest absolute Gasteiger partial charge is 0.224 e. The molecule has 1 saturated heterocycles. The number of hydrogen-bond acceptors (Lipinski definition) is 4. The Kier molecular flexibility index (Phi) is 8.35. The molecule has 130 valence electrons. The number of nitrogens with two attached hydrogens (primary N) is 1. The number of piperidine rings is 1. The van der Waals surface area contributed by atoms with Crippen LogP contribution in [0.4, 0.5) is 0 Å². The van der Waals surface area contributed by atoms with Crippen LogP contribution in [-0.2, 0) is 9.59 Å². The Morgan fingerprint density at radius 3 is 2.35 bits per heavy atom. The second-order valence-electron chi connectivity index (χ2n) is 6.52. The third-order valence-electron chi connectivity index (χ3n) is 4.97. The van der Waals surface area contributed by atoms with Crippen LogP contribution in [0.5, 0.6) is 0 Å². The van der Waals surface area contributed by atoms with Crippen molar-refractivity contribution in [3.63, 3.8) is 0 Å². The molecule has 1 heterocycles. The van der Waals surface area contributed by atoms with Crippen molar-refractivity contribution in [2.45, 2.75) is 51.0 Å². The van der Waals surface area contributed by atoms with Gasteiger partial charge in [0, 0.05) is 11.8 Å². The highest BCUT2D eigenvalue weighted by Gasteiger charge is 2.35. The van der Waals surface area contributed by atoms with E-state index in [0.29, 0.717) is 25.2 Å². The fraction of sp³-hybridized carbons (Fsp3) is 0.812. The Balaban J connectivity index is 0.00000264. The van der Waals surface area contributed by atoms with E-state index in [1.54, 1.807) is 0 Å². The predicted octanol–water partition coefficient (Wildman–Crippen LogP) is 1.10. The molecule has 2 rings (SSSR count). The van der Waals surface area contributed by atoms with Gasteiger partial charge in [-0.15, -0.1) is 12.4 Å². The number of carbonyl (C=O) groups is 2. The number of amides is 2. The van der Waals surface area contributed by atoms with Crippen molar-refractivity contribution in [3.8, 4) is 6.07 Å². The van der Waals surface area contributed by atoms with E-state index in [4.69, 9.17) is 5.73 Å². The number of halogens is 1. The Bertz CT molecular complexity index is 446. The summed E-state index contributed by atoms with van der Waals surface area (Å²) >= 11 is 0. The van der Waals surface area contributed by atoms with Crippen LogP contribution in [-0.4, -0.2) is 30.9 Å². The lowest BCUT2D eigenvalue weighted by atomic mass is 9.78. The average Bonchev–Trinajstić information content (AvgIpc) is 2.55. The molecule has 7 heteroatoms. The van der Waals surface area contributed by atoms with Gasteiger partial charge in [-0.3, -0.25) is 9.59 Å². The molecule has 6 nitrogen and oxygen atoms in total. The summed E-state index contributed by atoms with van der Waals surface area (Å²) in [7, 11) is 0. The maximum atomic E-state index is 12.4. The van der Waals surface area contributed by atoms with E-state index in [0.717, 1.165) is 38.8 Å². The zero-order valence-electron chi connectivity index (χ0n) is 13.4. The molecule has 23 heavy (non-hydrogen) atoms. The van der Waals surface area contributed by atoms with Gasteiger partial charge in [0.1, 0.15) is 6.04 Å². The SMILES string of the molecule is Cl.N#CC(CC1CCNCC1)NC(=O)[C@@H]1CCCC[C@@H]1C(N)=O. The van der Waals surface area contributed by atoms with Gasteiger partial charge >= 0.3 is 0 Å². The summed E-state index contributed by atoms with van der Waals surface area (Å²) in [6, 6.07) is 1.73. The summed E-state index contributed by atoms with van der Waals surface area (Å²) in [6.07, 6.45) is 6.02. The maximum Gasteiger partial charge on any atom is 0.224 e. The van der Waals surface area contributed by atoms with E-state index < -0.39 is 11.9 Å². The average molecular weight is 343 g/mol. The van der Waals surface area contributed by atoms with E-state index in [1.165, 1.54) is 0 Å². The van der Waals surface area contributed by atoms with Crippen molar-refractivity contribution >= 4 is 24.2 Å². The molecule has 0 aromatic rings. The molecule has 0 spiro atoms. The molecule has 0 bridgehead atoms. The second-order valence-corrected chi connectivity index (χ2v) is 6.52. The molecule has 1 aliphatic carbocycles. The molecule has 4 N–H and O–H groups in total. The number of nitrogens with one attached hydrogen (secondary N) is 2. The second kappa shape index (κ2) is 9.74. The van der Waals surface area contributed by atoms with Gasteiger partial charge in [-0.05, 0) is 51.1 Å². The van der Waals surface area contributed by atoms with Crippen molar-refractivity contribution < 1.29 is 9.59 Å². The van der Waals surface area contributed by atoms with Crippen molar-refractivity contribution in [3.05, 3.63) is 0 Å². The van der Waals surface area contributed by atoms with Crippen LogP contribution in [0.15, 0.2) is 0 Å². The molecule has 3 atom stereocenters. The largest absolute Gasteiger partial charge is 0.369 e. The highest BCUT2D eigenvalue weighted by atomic mass is 35.5. The minimum absolute atomic E-state index is 0. The van der Waals surface area contributed by atoms with Crippen LogP contribution in [0.3, 0.4) is 0 Å². The molecular weight excluding hydrogens is 316 g/mol. The van der Waals surface area contributed by atoms with E-state index in [2.05, 4.69) is 16.7 Å². The number of rotatable bonds is 5. The topological polar surface area (TPSA) is 108 Å². The van der Waals surface area contributed by atoms with Crippen molar-refractivity contribution in [1.29, 1.82) is 5.26 Å². The zero-order valence-corrected chi connectivity index (χ0v) is 14.2. The molecule has 1 aliphatic heterocycles. The third-order valence-corrected chi connectivity index (χ3v) is 4.97. The zero-order chi connectivity index (χ0) is 15.9. The van der Waals surface area contributed by atoms with Gasteiger partial charge in [-0.1, -0.05) is 12.8 Å². The van der Waals surface area contributed by atoms with E-state index in [1.807, 2.05) is 0 Å². The van der Waals surface area contributed by atoms with E-state index >= 15 is 0 Å². The minimum Gasteiger partial charge on any atom is -0.369 e. The van der Waals surface area contributed by atoms with Gasteiger partial charge < -0.3 is 16.4 Å². The third kappa shape index (κ3) is 5.67. The molecule has 1 saturated carbocycles. The van der Waals surface area contributed by atoms with Crippen molar-refractivity contribution in [1.82, 2.24) is 10.6 Å². The van der Waals surface area contributed by atoms with Gasteiger partial charge in [-0.2, -0.15) is 5.26 Å². The number of primary amides is 1. The number of hydrogen-bond donors (Lipinski definition) is 3. The number of carbonyl (C=O) groups excluding carboxylic acids is 2. The quantitative estimate of drug-likeness (QED) is 0.695. The standard InChI is InChI=1S/C16H26N4O2.ClH/c17-10-12(9-11-5-7-19-8-6-11)20-16(22)14-4-2-1-3-13(14)15(18)21;/h11-14,19H,1-9H2,(H2,18,21)(H,20,22);1H/t12?,13-,14+;/m0./s1. The maximum absolute atomic E-state index is 12.4. The summed E-state index contributed by atoms with van der Waals surface area (Å²) in [6.45, 7) is 1.95. The summed E-state index contributed by atoms with van der Waals surface area (Å²) < 4.78 is 0. The first-order valence-corrected chi connectivity index (χ1v) is 8.32. The summed E-state index contributed by atoms with van der Waals surface area (Å²) in [5.41, 5.74) is 5.42. The van der Waals surface area contributed by atoms with Crippen molar-refractivity contribution in [2.75, 3.05) is 13.1 Å². The summed E-state index contributed by atoms with van der Waals surface area (Å²) in [5, 5.41) is 15.4. The van der Waals surface area contributed by atoms with Gasteiger partial charge in [0.15, 0.2) is 0 Å². The van der Waals surface area contributed by atoms with Crippen LogP contribution >= 0.6 is 12.4 Å². The van der Waals surface area contributed by atoms with Crippen LogP contribution in [0.25, 0.3) is 0 Å². The lowest BCUT2D eigenvalue weighted by molar-refractivity contribution is -0.135. The molecule has 1 unspecified atom stereocenters. The molecule has 0 radical (unpaired) electrons. The Morgan fingerprint density at radius 2 is 1.78 bits per heavy atom. The first-order chi connectivity index (χ1) is 10.6. The first kappa shape index (κ1) is 19.7. The minimum atomic E-state index is -0.467. The predicted molar refractivity (Wildman–Crippen MR) is 89.6 cm³/mol. The van der Waals surface area contributed by atoms with Gasteiger partial charge in [0.25, 0.3) is 0 Å². The van der Waals surface area contributed by atoms with Crippen molar-refractivity contribution in [2.24, 2.45) is 23.5 Å². The Hall–Kier alpha value is -1.32. The van der Waals surface area contributed by atoms with Crippen LogP contribution in [0, 0.1) is 29.1 Å². The summed E-state index contributed by atoms with van der Waals surface area (Å²) in [4.78, 5) is 24.0. The summed E-state index contributed by atoms with van der Waals surface area (Å²) in [5.74, 6) is -0.845. The highest BCUT2D eigenvalue weighted by molar-refractivity contribution is 5.87. The molecule has 2 aliphatic rings. The lowest BCUT2D eigenvalue weighted by Gasteiger charge is -2.30. The molecule has 0 aromatic heterocycles. The molecule has 0 aromatic carbocycles. The van der Waals surface area contributed by atoms with Crippen LogP contribution < -0.4 is 16.4 Å². The first-order valence-electron chi connectivity index (χ1n) is 8.32. The van der Waals surface area contributed by atoms with Crippen LogP contribution in [0.1, 0.15) is 44.9 Å². The molecule has 2 amide bonds. The number of nitrogens with zero attached hydrogens (tertiary/aromatic N) is 1. The van der Waals surface area contributed by atoms with E-state index in [-0.39, 0.29) is 30.2 Å². The van der Waals surface area contributed by atoms with Gasteiger partial charge in [-0.25, -0.2) is 0 Å². The fourth-order valence-corrected chi connectivity index (χ4v) is 3.66. The lowest BCUT2D eigenvalue weighted by Crippen LogP contribution is -2.45. The van der Waals surface area contributed by atoms with Crippen LogP contribution in [0.2, 0.25) is 0 Å². The molecular formula is C16H27ClN4O2. The molecule has 2 fully saturated rings. The van der Waals surface area contributed by atoms with Gasteiger partial charge in [0.05, 0.1) is 6.07 Å². The van der Waals surface area contributed by atoms with E-state index in [9.17, 15) is 14.9 Å².